The van der Waals surface area contributed by atoms with Crippen LogP contribution in [-0.4, -0.2) is 35.2 Å². The number of rotatable bonds is 7. The highest BCUT2D eigenvalue weighted by molar-refractivity contribution is 7.92. The molecule has 1 N–H and O–H groups in total. The second kappa shape index (κ2) is 8.48. The Bertz CT molecular complexity index is 917. The predicted molar refractivity (Wildman–Crippen MR) is 97.8 cm³/mol. The van der Waals surface area contributed by atoms with Gasteiger partial charge in [-0.3, -0.25) is 4.72 Å². The number of carbonyl (C=O) groups excluding carboxylic acids is 1. The van der Waals surface area contributed by atoms with E-state index in [0.29, 0.717) is 10.8 Å². The Morgan fingerprint density at radius 2 is 1.77 bits per heavy atom. The van der Waals surface area contributed by atoms with E-state index in [-0.39, 0.29) is 28.0 Å². The van der Waals surface area contributed by atoms with Gasteiger partial charge in [-0.15, -0.1) is 0 Å². The van der Waals surface area contributed by atoms with Crippen molar-refractivity contribution in [1.82, 2.24) is 0 Å². The van der Waals surface area contributed by atoms with E-state index in [0.717, 1.165) is 0 Å². The number of carbonyl (C=O) groups is 1. The Morgan fingerprint density at radius 1 is 1.08 bits per heavy atom. The number of sulfonamides is 1. The van der Waals surface area contributed by atoms with Gasteiger partial charge in [-0.2, -0.15) is 0 Å². The topological polar surface area (TPSA) is 90.9 Å². The van der Waals surface area contributed by atoms with E-state index in [4.69, 9.17) is 32.7 Å². The molecule has 0 atom stereocenters. The predicted octanol–water partition coefficient (Wildman–Crippen LogP) is 3.35. The SMILES string of the molecule is COC(=O)COc1ccc(S(=O)(=O)Nc2cc(Cl)ccc2OC)cc1Cl. The van der Waals surface area contributed by atoms with Gasteiger partial charge < -0.3 is 14.2 Å². The van der Waals surface area contributed by atoms with Crippen molar-refractivity contribution in [3.05, 3.63) is 46.4 Å². The van der Waals surface area contributed by atoms with Gasteiger partial charge in [-0.25, -0.2) is 13.2 Å². The molecule has 26 heavy (non-hydrogen) atoms. The summed E-state index contributed by atoms with van der Waals surface area (Å²) in [7, 11) is -1.33. The third kappa shape index (κ3) is 4.94. The summed E-state index contributed by atoms with van der Waals surface area (Å²) in [5, 5.41) is 0.364. The monoisotopic (exact) mass is 419 g/mol. The lowest BCUT2D eigenvalue weighted by Crippen LogP contribution is -2.15. The maximum atomic E-state index is 12.6. The average Bonchev–Trinajstić information content (AvgIpc) is 2.60. The van der Waals surface area contributed by atoms with Crippen LogP contribution in [0.4, 0.5) is 5.69 Å². The summed E-state index contributed by atoms with van der Waals surface area (Å²) >= 11 is 11.9. The first-order valence-corrected chi connectivity index (χ1v) is 9.36. The third-order valence-electron chi connectivity index (χ3n) is 3.19. The Morgan fingerprint density at radius 3 is 2.38 bits per heavy atom. The quantitative estimate of drug-likeness (QED) is 0.691. The molecule has 0 saturated heterocycles. The van der Waals surface area contributed by atoms with Crippen LogP contribution in [0.25, 0.3) is 0 Å². The maximum Gasteiger partial charge on any atom is 0.343 e. The molecule has 0 saturated carbocycles. The van der Waals surface area contributed by atoms with Gasteiger partial charge in [0.1, 0.15) is 11.5 Å². The highest BCUT2D eigenvalue weighted by Crippen LogP contribution is 2.32. The molecule has 10 heteroatoms. The van der Waals surface area contributed by atoms with Gasteiger partial charge in [-0.1, -0.05) is 23.2 Å². The van der Waals surface area contributed by atoms with Gasteiger partial charge in [0.25, 0.3) is 10.0 Å². The van der Waals surface area contributed by atoms with Crippen LogP contribution in [0.1, 0.15) is 0 Å². The number of hydrogen-bond donors (Lipinski definition) is 1. The first-order chi connectivity index (χ1) is 12.3. The number of esters is 1. The maximum absolute atomic E-state index is 12.6. The first-order valence-electron chi connectivity index (χ1n) is 7.12. The van der Waals surface area contributed by atoms with E-state index in [2.05, 4.69) is 9.46 Å². The summed E-state index contributed by atoms with van der Waals surface area (Å²) in [4.78, 5) is 11.0. The third-order valence-corrected chi connectivity index (χ3v) is 5.09. The van der Waals surface area contributed by atoms with Crippen LogP contribution >= 0.6 is 23.2 Å². The van der Waals surface area contributed by atoms with Crippen LogP contribution in [0.3, 0.4) is 0 Å². The van der Waals surface area contributed by atoms with Gasteiger partial charge in [0.15, 0.2) is 6.61 Å². The lowest BCUT2D eigenvalue weighted by molar-refractivity contribution is -0.142. The molecular weight excluding hydrogens is 405 g/mol. The molecule has 0 spiro atoms. The fourth-order valence-corrected chi connectivity index (χ4v) is 3.48. The fraction of sp³-hybridized carbons (Fsp3) is 0.188. The van der Waals surface area contributed by atoms with Crippen molar-refractivity contribution in [2.24, 2.45) is 0 Å². The number of methoxy groups -OCH3 is 2. The smallest absolute Gasteiger partial charge is 0.343 e. The van der Waals surface area contributed by atoms with E-state index in [1.165, 1.54) is 44.6 Å². The van der Waals surface area contributed by atoms with Crippen molar-refractivity contribution < 1.29 is 27.4 Å². The Hall–Kier alpha value is -2.16. The lowest BCUT2D eigenvalue weighted by atomic mass is 10.3. The molecule has 0 fully saturated rings. The van der Waals surface area contributed by atoms with E-state index in [9.17, 15) is 13.2 Å². The zero-order valence-electron chi connectivity index (χ0n) is 13.8. The van der Waals surface area contributed by atoms with Crippen LogP contribution in [0.5, 0.6) is 11.5 Å². The molecule has 0 amide bonds. The second-order valence-corrected chi connectivity index (χ2v) is 7.43. The number of ether oxygens (including phenoxy) is 3. The van der Waals surface area contributed by atoms with Crippen LogP contribution in [0.2, 0.25) is 10.0 Å². The van der Waals surface area contributed by atoms with E-state index >= 15 is 0 Å². The molecule has 140 valence electrons. The molecule has 0 bridgehead atoms. The molecule has 0 radical (unpaired) electrons. The molecule has 2 aromatic rings. The molecular formula is C16H15Cl2NO6S. The number of hydrogen-bond acceptors (Lipinski definition) is 6. The largest absolute Gasteiger partial charge is 0.495 e. The second-order valence-electron chi connectivity index (χ2n) is 4.91. The van der Waals surface area contributed by atoms with E-state index in [1.54, 1.807) is 6.07 Å². The highest BCUT2D eigenvalue weighted by atomic mass is 35.5. The van der Waals surface area contributed by atoms with Crippen molar-refractivity contribution in [2.45, 2.75) is 4.90 Å². The summed E-state index contributed by atoms with van der Waals surface area (Å²) in [5.41, 5.74) is 0.183. The van der Waals surface area contributed by atoms with Crippen LogP contribution in [-0.2, 0) is 19.6 Å². The summed E-state index contributed by atoms with van der Waals surface area (Å²) in [5.74, 6) is -0.133. The summed E-state index contributed by atoms with van der Waals surface area (Å²) in [6.45, 7) is -0.347. The minimum absolute atomic E-state index is 0.0230. The number of halogens is 2. The molecule has 0 aliphatic carbocycles. The van der Waals surface area contributed by atoms with Crippen molar-refractivity contribution in [1.29, 1.82) is 0 Å². The van der Waals surface area contributed by atoms with Gasteiger partial charge in [0, 0.05) is 5.02 Å². The van der Waals surface area contributed by atoms with Gasteiger partial charge in [0.2, 0.25) is 0 Å². The number of anilines is 1. The summed E-state index contributed by atoms with van der Waals surface area (Å²) in [6, 6.07) is 8.37. The van der Waals surface area contributed by atoms with Gasteiger partial charge in [0.05, 0.1) is 29.8 Å². The average molecular weight is 420 g/mol. The molecule has 2 rings (SSSR count). The fourth-order valence-electron chi connectivity index (χ4n) is 1.93. The van der Waals surface area contributed by atoms with Gasteiger partial charge >= 0.3 is 5.97 Å². The summed E-state index contributed by atoms with van der Waals surface area (Å²) < 4.78 is 42.3. The minimum Gasteiger partial charge on any atom is -0.495 e. The van der Waals surface area contributed by atoms with Crippen molar-refractivity contribution in [3.8, 4) is 11.5 Å². The number of benzene rings is 2. The molecule has 0 aliphatic rings. The van der Waals surface area contributed by atoms with Gasteiger partial charge in [-0.05, 0) is 36.4 Å². The molecule has 0 unspecified atom stereocenters. The van der Waals surface area contributed by atoms with Crippen molar-refractivity contribution >= 4 is 44.9 Å². The number of nitrogens with one attached hydrogen (secondary N) is 1. The Balaban J connectivity index is 2.25. The Labute approximate surface area is 160 Å². The van der Waals surface area contributed by atoms with Crippen LogP contribution < -0.4 is 14.2 Å². The van der Waals surface area contributed by atoms with Crippen molar-refractivity contribution in [3.63, 3.8) is 0 Å². The zero-order chi connectivity index (χ0) is 19.3. The first kappa shape index (κ1) is 20.2. The van der Waals surface area contributed by atoms with E-state index < -0.39 is 16.0 Å². The Kier molecular flexibility index (Phi) is 6.57. The molecule has 2 aromatic carbocycles. The molecule has 0 aliphatic heterocycles. The molecule has 0 aromatic heterocycles. The lowest BCUT2D eigenvalue weighted by Gasteiger charge is -2.13. The minimum atomic E-state index is -3.96. The normalized spacial score (nSPS) is 10.9. The standard InChI is InChI=1S/C16H15Cl2NO6S/c1-23-15-5-3-10(17)7-13(15)19-26(21,22)11-4-6-14(12(18)8-11)25-9-16(20)24-2/h3-8,19H,9H2,1-2H3. The highest BCUT2D eigenvalue weighted by Gasteiger charge is 2.19. The summed E-state index contributed by atoms with van der Waals surface area (Å²) in [6.07, 6.45) is 0. The van der Waals surface area contributed by atoms with E-state index in [1.807, 2.05) is 0 Å². The molecule has 7 nitrogen and oxygen atoms in total. The zero-order valence-corrected chi connectivity index (χ0v) is 16.1. The van der Waals surface area contributed by atoms with Crippen LogP contribution in [0, 0.1) is 0 Å². The van der Waals surface area contributed by atoms with Crippen molar-refractivity contribution in [2.75, 3.05) is 25.5 Å². The van der Waals surface area contributed by atoms with Crippen LogP contribution in [0.15, 0.2) is 41.3 Å². The molecule has 0 heterocycles.